The number of nitriles is 2. The third-order valence-corrected chi connectivity index (χ3v) is 6.68. The highest BCUT2D eigenvalue weighted by Gasteiger charge is 2.36. The molecule has 1 aromatic rings. The molecule has 0 atom stereocenters. The Morgan fingerprint density at radius 2 is 1.15 bits per heavy atom. The third kappa shape index (κ3) is 4.31. The number of nitrogens with one attached hydrogen (secondary N) is 2. The van der Waals surface area contributed by atoms with Crippen molar-refractivity contribution in [3.63, 3.8) is 0 Å². The molecule has 0 radical (unpaired) electrons. The number of amides is 2. The number of carbonyl (C=O) groups excluding carboxylic acids is 2. The van der Waals surface area contributed by atoms with Crippen LogP contribution in [-0.4, -0.2) is 22.9 Å². The minimum Gasteiger partial charge on any atom is -0.333 e. The summed E-state index contributed by atoms with van der Waals surface area (Å²) in [5.41, 5.74) is -1.59. The molecule has 2 fully saturated rings. The molecule has 142 valence electrons. The van der Waals surface area contributed by atoms with E-state index in [0.29, 0.717) is 35.4 Å². The quantitative estimate of drug-likeness (QED) is 0.826. The summed E-state index contributed by atoms with van der Waals surface area (Å²) < 4.78 is 0. The highest BCUT2D eigenvalue weighted by atomic mass is 32.1. The van der Waals surface area contributed by atoms with Crippen molar-refractivity contribution in [1.82, 2.24) is 10.6 Å². The first kappa shape index (κ1) is 19.4. The van der Waals surface area contributed by atoms with E-state index in [1.54, 1.807) is 12.1 Å². The molecule has 3 rings (SSSR count). The molecule has 0 aliphatic heterocycles. The first-order valence-corrected chi connectivity index (χ1v) is 10.4. The van der Waals surface area contributed by atoms with Crippen LogP contribution in [0.15, 0.2) is 12.1 Å². The lowest BCUT2D eigenvalue weighted by Gasteiger charge is -2.31. The van der Waals surface area contributed by atoms with Crippen LogP contribution in [0.5, 0.6) is 0 Å². The Hall–Kier alpha value is -2.38. The van der Waals surface area contributed by atoms with Gasteiger partial charge in [0, 0.05) is 0 Å². The molecule has 2 aliphatic carbocycles. The molecule has 0 bridgehead atoms. The Morgan fingerprint density at radius 1 is 0.778 bits per heavy atom. The average molecular weight is 385 g/mol. The van der Waals surface area contributed by atoms with Crippen LogP contribution in [0.1, 0.15) is 83.6 Å². The van der Waals surface area contributed by atoms with E-state index >= 15 is 0 Å². The first-order valence-electron chi connectivity index (χ1n) is 9.59. The van der Waals surface area contributed by atoms with Crippen LogP contribution in [0, 0.1) is 22.7 Å². The van der Waals surface area contributed by atoms with Gasteiger partial charge in [0.2, 0.25) is 0 Å². The standard InChI is InChI=1S/C20H24N4O2S/c21-13-19(9-3-1-4-10-19)23-17(25)15-7-8-16(27-15)18(26)24-20(14-22)11-5-2-6-12-20/h7-8H,1-6,9-12H2,(H,23,25)(H,24,26). The van der Waals surface area contributed by atoms with Gasteiger partial charge in [0.1, 0.15) is 11.1 Å². The summed E-state index contributed by atoms with van der Waals surface area (Å²) in [6, 6.07) is 7.77. The molecule has 6 nitrogen and oxygen atoms in total. The first-order chi connectivity index (χ1) is 13.0. The average Bonchev–Trinajstić information content (AvgIpc) is 3.20. The minimum absolute atomic E-state index is 0.310. The summed E-state index contributed by atoms with van der Waals surface area (Å²) in [7, 11) is 0. The van der Waals surface area contributed by atoms with Crippen molar-refractivity contribution in [2.24, 2.45) is 0 Å². The number of hydrogen-bond donors (Lipinski definition) is 2. The van der Waals surface area contributed by atoms with E-state index in [2.05, 4.69) is 22.8 Å². The predicted molar refractivity (Wildman–Crippen MR) is 102 cm³/mol. The molecule has 2 amide bonds. The van der Waals surface area contributed by atoms with Crippen LogP contribution < -0.4 is 10.6 Å². The van der Waals surface area contributed by atoms with E-state index in [-0.39, 0.29) is 11.8 Å². The molecular weight excluding hydrogens is 360 g/mol. The maximum Gasteiger partial charge on any atom is 0.262 e. The summed E-state index contributed by atoms with van der Waals surface area (Å²) in [5.74, 6) is -0.620. The maximum atomic E-state index is 12.6. The summed E-state index contributed by atoms with van der Waals surface area (Å²) in [4.78, 5) is 26.0. The summed E-state index contributed by atoms with van der Waals surface area (Å²) >= 11 is 1.10. The molecule has 2 saturated carbocycles. The van der Waals surface area contributed by atoms with Crippen molar-refractivity contribution in [2.75, 3.05) is 0 Å². The molecule has 27 heavy (non-hydrogen) atoms. The lowest BCUT2D eigenvalue weighted by atomic mass is 9.83. The monoisotopic (exact) mass is 384 g/mol. The fourth-order valence-electron chi connectivity index (χ4n) is 3.98. The predicted octanol–water partition coefficient (Wildman–Crippen LogP) is 3.66. The van der Waals surface area contributed by atoms with Gasteiger partial charge in [-0.1, -0.05) is 38.5 Å². The van der Waals surface area contributed by atoms with Crippen molar-refractivity contribution >= 4 is 23.2 Å². The van der Waals surface area contributed by atoms with Gasteiger partial charge in [0.15, 0.2) is 0 Å². The van der Waals surface area contributed by atoms with E-state index in [1.165, 1.54) is 0 Å². The van der Waals surface area contributed by atoms with Crippen LogP contribution in [0.25, 0.3) is 0 Å². The van der Waals surface area contributed by atoms with Crippen molar-refractivity contribution in [2.45, 2.75) is 75.3 Å². The second-order valence-corrected chi connectivity index (χ2v) is 8.67. The Morgan fingerprint density at radius 3 is 1.48 bits per heavy atom. The number of hydrogen-bond acceptors (Lipinski definition) is 5. The normalized spacial score (nSPS) is 20.7. The topological polar surface area (TPSA) is 106 Å². The van der Waals surface area contributed by atoms with E-state index in [1.807, 2.05) is 0 Å². The van der Waals surface area contributed by atoms with Crippen molar-refractivity contribution in [3.05, 3.63) is 21.9 Å². The lowest BCUT2D eigenvalue weighted by molar-refractivity contribution is 0.0899. The fourth-order valence-corrected chi connectivity index (χ4v) is 4.78. The number of nitrogens with zero attached hydrogens (tertiary/aromatic N) is 2. The summed E-state index contributed by atoms with van der Waals surface area (Å²) in [6.07, 6.45) is 8.57. The lowest BCUT2D eigenvalue weighted by Crippen LogP contribution is -2.48. The Balaban J connectivity index is 1.67. The van der Waals surface area contributed by atoms with Crippen molar-refractivity contribution < 1.29 is 9.59 Å². The SMILES string of the molecule is N#CC1(NC(=O)c2ccc(C(=O)NC3(C#N)CCCCC3)s2)CCCCC1. The number of thiophene rings is 1. The van der Waals surface area contributed by atoms with Gasteiger partial charge in [-0.05, 0) is 37.8 Å². The van der Waals surface area contributed by atoms with Gasteiger partial charge in [-0.3, -0.25) is 9.59 Å². The van der Waals surface area contributed by atoms with E-state index in [9.17, 15) is 20.1 Å². The number of carbonyl (C=O) groups is 2. The molecule has 1 heterocycles. The molecule has 0 unspecified atom stereocenters. The van der Waals surface area contributed by atoms with Gasteiger partial charge >= 0.3 is 0 Å². The van der Waals surface area contributed by atoms with Gasteiger partial charge in [0.05, 0.1) is 21.9 Å². The second kappa shape index (κ2) is 8.10. The summed E-state index contributed by atoms with van der Waals surface area (Å²) in [5, 5.41) is 24.8. The van der Waals surface area contributed by atoms with Crippen molar-refractivity contribution in [1.29, 1.82) is 10.5 Å². The highest BCUT2D eigenvalue weighted by Crippen LogP contribution is 2.30. The van der Waals surface area contributed by atoms with Gasteiger partial charge in [-0.15, -0.1) is 11.3 Å². The molecule has 2 aliphatic rings. The zero-order valence-electron chi connectivity index (χ0n) is 15.3. The van der Waals surface area contributed by atoms with E-state index in [0.717, 1.165) is 49.9 Å². The third-order valence-electron chi connectivity index (χ3n) is 5.60. The van der Waals surface area contributed by atoms with Crippen LogP contribution in [0.4, 0.5) is 0 Å². The molecule has 2 N–H and O–H groups in total. The molecule has 0 aromatic carbocycles. The molecule has 1 aromatic heterocycles. The zero-order valence-corrected chi connectivity index (χ0v) is 16.2. The largest absolute Gasteiger partial charge is 0.333 e. The van der Waals surface area contributed by atoms with E-state index < -0.39 is 11.1 Å². The Labute approximate surface area is 163 Å². The smallest absolute Gasteiger partial charge is 0.262 e. The zero-order chi connectivity index (χ0) is 19.3. The minimum atomic E-state index is -0.797. The van der Waals surface area contributed by atoms with Crippen LogP contribution in [0.3, 0.4) is 0 Å². The van der Waals surface area contributed by atoms with Gasteiger partial charge in [-0.25, -0.2) is 0 Å². The second-order valence-electron chi connectivity index (χ2n) is 7.58. The van der Waals surface area contributed by atoms with Crippen LogP contribution >= 0.6 is 11.3 Å². The Bertz CT molecular complexity index is 725. The van der Waals surface area contributed by atoms with Gasteiger partial charge < -0.3 is 10.6 Å². The molecule has 7 heteroatoms. The van der Waals surface area contributed by atoms with Crippen molar-refractivity contribution in [3.8, 4) is 12.1 Å². The molecular formula is C20H24N4O2S. The molecule has 0 saturated heterocycles. The fraction of sp³-hybridized carbons (Fsp3) is 0.600. The van der Waals surface area contributed by atoms with Crippen LogP contribution in [0.2, 0.25) is 0 Å². The maximum absolute atomic E-state index is 12.6. The summed E-state index contributed by atoms with van der Waals surface area (Å²) in [6.45, 7) is 0. The van der Waals surface area contributed by atoms with Gasteiger partial charge in [-0.2, -0.15) is 10.5 Å². The van der Waals surface area contributed by atoms with E-state index in [4.69, 9.17) is 0 Å². The highest BCUT2D eigenvalue weighted by molar-refractivity contribution is 7.15. The molecule has 0 spiro atoms. The Kier molecular flexibility index (Phi) is 5.82. The van der Waals surface area contributed by atoms with Gasteiger partial charge in [0.25, 0.3) is 11.8 Å². The number of rotatable bonds is 4. The van der Waals surface area contributed by atoms with Crippen LogP contribution in [-0.2, 0) is 0 Å².